The lowest BCUT2D eigenvalue weighted by molar-refractivity contribution is 0.621. The molecular formula is C40H34N2O. The molecule has 0 aliphatic heterocycles. The van der Waals surface area contributed by atoms with Gasteiger partial charge >= 0.3 is 0 Å². The molecule has 0 spiro atoms. The van der Waals surface area contributed by atoms with Crippen molar-refractivity contribution in [2.24, 2.45) is 0 Å². The first-order valence-corrected chi connectivity index (χ1v) is 14.8. The SMILES string of the molecule is Cc1cc(C)c(-c2ccnc(-c3ccc4oc5cc(-c6ccccc6)nc(C(C)(C)c6ccccc6)c5c4c3)c2)c(C)c1. The van der Waals surface area contributed by atoms with Crippen molar-refractivity contribution in [3.8, 4) is 33.6 Å². The Hall–Kier alpha value is -5.02. The average Bonchev–Trinajstić information content (AvgIpc) is 3.39. The highest BCUT2D eigenvalue weighted by molar-refractivity contribution is 6.08. The van der Waals surface area contributed by atoms with E-state index in [0.717, 1.165) is 50.1 Å². The van der Waals surface area contributed by atoms with E-state index in [1.165, 1.54) is 33.4 Å². The summed E-state index contributed by atoms with van der Waals surface area (Å²) in [5, 5.41) is 2.10. The van der Waals surface area contributed by atoms with Gasteiger partial charge in [0.25, 0.3) is 0 Å². The molecule has 3 heterocycles. The van der Waals surface area contributed by atoms with Crippen LogP contribution in [0, 0.1) is 20.8 Å². The molecule has 0 radical (unpaired) electrons. The van der Waals surface area contributed by atoms with E-state index >= 15 is 0 Å². The van der Waals surface area contributed by atoms with Crippen LogP contribution in [-0.2, 0) is 5.41 Å². The molecule has 0 fully saturated rings. The average molecular weight is 559 g/mol. The molecule has 43 heavy (non-hydrogen) atoms. The Bertz CT molecular complexity index is 2100. The Morgan fingerprint density at radius 2 is 1.30 bits per heavy atom. The highest BCUT2D eigenvalue weighted by Crippen LogP contribution is 2.42. The van der Waals surface area contributed by atoms with E-state index in [1.54, 1.807) is 0 Å². The molecule has 3 aromatic heterocycles. The summed E-state index contributed by atoms with van der Waals surface area (Å²) in [4.78, 5) is 10.2. The van der Waals surface area contributed by atoms with Gasteiger partial charge in [-0.05, 0) is 78.9 Å². The fraction of sp³-hybridized carbons (Fsp3) is 0.150. The number of benzene rings is 4. The van der Waals surface area contributed by atoms with E-state index < -0.39 is 0 Å². The highest BCUT2D eigenvalue weighted by atomic mass is 16.3. The van der Waals surface area contributed by atoms with Gasteiger partial charge in [0.1, 0.15) is 11.2 Å². The topological polar surface area (TPSA) is 38.9 Å². The van der Waals surface area contributed by atoms with E-state index in [9.17, 15) is 0 Å². The smallest absolute Gasteiger partial charge is 0.139 e. The van der Waals surface area contributed by atoms with Crippen molar-refractivity contribution in [3.05, 3.63) is 143 Å². The molecule has 210 valence electrons. The molecule has 0 aliphatic rings. The van der Waals surface area contributed by atoms with Crippen molar-refractivity contribution < 1.29 is 4.42 Å². The molecule has 0 aliphatic carbocycles. The first-order chi connectivity index (χ1) is 20.8. The zero-order chi connectivity index (χ0) is 29.7. The minimum absolute atomic E-state index is 0.365. The van der Waals surface area contributed by atoms with Gasteiger partial charge in [-0.15, -0.1) is 0 Å². The second-order valence-corrected chi connectivity index (χ2v) is 12.1. The summed E-state index contributed by atoms with van der Waals surface area (Å²) in [6.07, 6.45) is 1.92. The maximum absolute atomic E-state index is 6.55. The normalized spacial score (nSPS) is 11.8. The number of pyridine rings is 2. The van der Waals surface area contributed by atoms with Gasteiger partial charge in [0.2, 0.25) is 0 Å². The number of nitrogens with zero attached hydrogens (tertiary/aromatic N) is 2. The maximum atomic E-state index is 6.55. The largest absolute Gasteiger partial charge is 0.456 e. The number of hydrogen-bond acceptors (Lipinski definition) is 3. The minimum atomic E-state index is -0.365. The lowest BCUT2D eigenvalue weighted by Gasteiger charge is -2.26. The van der Waals surface area contributed by atoms with E-state index in [-0.39, 0.29) is 5.41 Å². The number of aryl methyl sites for hydroxylation is 3. The number of hydrogen-bond donors (Lipinski definition) is 0. The minimum Gasteiger partial charge on any atom is -0.456 e. The Kier molecular flexibility index (Phi) is 6.47. The quantitative estimate of drug-likeness (QED) is 0.211. The Labute approximate surface area is 252 Å². The first kappa shape index (κ1) is 26.9. The molecule has 3 nitrogen and oxygen atoms in total. The zero-order valence-electron chi connectivity index (χ0n) is 25.3. The summed E-state index contributed by atoms with van der Waals surface area (Å²) in [5.74, 6) is 0. The molecule has 0 N–H and O–H groups in total. The van der Waals surface area contributed by atoms with Crippen molar-refractivity contribution >= 4 is 21.9 Å². The van der Waals surface area contributed by atoms with Crippen LogP contribution < -0.4 is 0 Å². The van der Waals surface area contributed by atoms with E-state index in [2.05, 4.69) is 138 Å². The molecule has 0 amide bonds. The van der Waals surface area contributed by atoms with Gasteiger partial charge in [0.15, 0.2) is 0 Å². The molecular weight excluding hydrogens is 524 g/mol. The van der Waals surface area contributed by atoms with Gasteiger partial charge in [-0.2, -0.15) is 0 Å². The molecule has 0 saturated heterocycles. The van der Waals surface area contributed by atoms with Crippen LogP contribution in [0.25, 0.3) is 55.6 Å². The molecule has 3 heteroatoms. The summed E-state index contributed by atoms with van der Waals surface area (Å²) in [5.41, 5.74) is 13.8. The highest BCUT2D eigenvalue weighted by Gasteiger charge is 2.30. The number of furan rings is 1. The standard InChI is InChI=1S/C40H34N2O/c1-25-20-26(2)37(27(3)21-25)30-18-19-41-33(23-30)29-16-17-35-32(22-29)38-36(43-35)24-34(28-12-8-6-9-13-28)42-39(38)40(4,5)31-14-10-7-11-15-31/h6-24H,1-5H3. The van der Waals surface area contributed by atoms with Gasteiger partial charge in [0.05, 0.1) is 22.5 Å². The van der Waals surface area contributed by atoms with Gasteiger partial charge in [-0.25, -0.2) is 0 Å². The van der Waals surface area contributed by atoms with Crippen LogP contribution in [0.2, 0.25) is 0 Å². The molecule has 0 atom stereocenters. The third-order valence-corrected chi connectivity index (χ3v) is 8.63. The van der Waals surface area contributed by atoms with E-state index in [4.69, 9.17) is 14.4 Å². The summed E-state index contributed by atoms with van der Waals surface area (Å²) in [6.45, 7) is 11.0. The molecule has 7 aromatic rings. The zero-order valence-corrected chi connectivity index (χ0v) is 25.3. The molecule has 4 aromatic carbocycles. The van der Waals surface area contributed by atoms with Crippen molar-refractivity contribution in [3.63, 3.8) is 0 Å². The Morgan fingerprint density at radius 3 is 2.02 bits per heavy atom. The Morgan fingerprint density at radius 1 is 0.605 bits per heavy atom. The van der Waals surface area contributed by atoms with Crippen LogP contribution in [-0.4, -0.2) is 9.97 Å². The van der Waals surface area contributed by atoms with Crippen molar-refractivity contribution in [2.45, 2.75) is 40.0 Å². The second kappa shape index (κ2) is 10.4. The summed E-state index contributed by atoms with van der Waals surface area (Å²) in [7, 11) is 0. The fourth-order valence-corrected chi connectivity index (χ4v) is 6.53. The number of aromatic nitrogens is 2. The van der Waals surface area contributed by atoms with Crippen molar-refractivity contribution in [2.75, 3.05) is 0 Å². The van der Waals surface area contributed by atoms with Crippen LogP contribution >= 0.6 is 0 Å². The Balaban J connectivity index is 1.45. The summed E-state index contributed by atoms with van der Waals surface area (Å²) < 4.78 is 6.55. The maximum Gasteiger partial charge on any atom is 0.139 e. The first-order valence-electron chi connectivity index (χ1n) is 14.8. The van der Waals surface area contributed by atoms with E-state index in [1.807, 2.05) is 12.3 Å². The molecule has 7 rings (SSSR count). The van der Waals surface area contributed by atoms with Crippen LogP contribution in [0.1, 0.15) is 41.8 Å². The lowest BCUT2D eigenvalue weighted by atomic mass is 9.79. The molecule has 0 saturated carbocycles. The second-order valence-electron chi connectivity index (χ2n) is 12.1. The van der Waals surface area contributed by atoms with Crippen LogP contribution in [0.4, 0.5) is 0 Å². The third-order valence-electron chi connectivity index (χ3n) is 8.63. The van der Waals surface area contributed by atoms with Crippen molar-refractivity contribution in [1.82, 2.24) is 9.97 Å². The predicted octanol–water partition coefficient (Wildman–Crippen LogP) is 10.6. The van der Waals surface area contributed by atoms with Gasteiger partial charge in [-0.1, -0.05) is 92.2 Å². The van der Waals surface area contributed by atoms with Crippen LogP contribution in [0.5, 0.6) is 0 Å². The number of fused-ring (bicyclic) bond motifs is 3. The summed E-state index contributed by atoms with van der Waals surface area (Å²) in [6, 6.07) is 38.2. The number of rotatable bonds is 5. The van der Waals surface area contributed by atoms with Gasteiger partial charge < -0.3 is 4.42 Å². The van der Waals surface area contributed by atoms with Crippen LogP contribution in [0.3, 0.4) is 0 Å². The van der Waals surface area contributed by atoms with Gasteiger partial charge in [0, 0.05) is 34.2 Å². The summed E-state index contributed by atoms with van der Waals surface area (Å²) >= 11 is 0. The van der Waals surface area contributed by atoms with Crippen LogP contribution in [0.15, 0.2) is 120 Å². The van der Waals surface area contributed by atoms with E-state index in [0.29, 0.717) is 0 Å². The predicted molar refractivity (Wildman–Crippen MR) is 178 cm³/mol. The molecule has 0 bridgehead atoms. The third kappa shape index (κ3) is 4.71. The lowest BCUT2D eigenvalue weighted by Crippen LogP contribution is -2.21. The van der Waals surface area contributed by atoms with Gasteiger partial charge in [-0.3, -0.25) is 9.97 Å². The monoisotopic (exact) mass is 558 g/mol. The van der Waals surface area contributed by atoms with Crippen molar-refractivity contribution in [1.29, 1.82) is 0 Å². The fourth-order valence-electron chi connectivity index (χ4n) is 6.53. The molecule has 0 unspecified atom stereocenters.